The Balaban J connectivity index is 2.74. The highest BCUT2D eigenvalue weighted by molar-refractivity contribution is 9.10. The van der Waals surface area contributed by atoms with Crippen LogP contribution in [0.25, 0.3) is 11.0 Å². The van der Waals surface area contributed by atoms with Gasteiger partial charge in [0, 0.05) is 16.7 Å². The number of halogens is 1. The molecule has 4 heteroatoms. The molecule has 0 atom stereocenters. The molecule has 0 bridgehead atoms. The largest absolute Gasteiger partial charge is 0.482 e. The molecule has 0 radical (unpaired) electrons. The molecule has 1 N–H and O–H groups in total. The summed E-state index contributed by atoms with van der Waals surface area (Å²) in [5, 5.41) is 0. The number of ether oxygens (including phenoxy) is 1. The predicted molar refractivity (Wildman–Crippen MR) is 50.3 cm³/mol. The van der Waals surface area contributed by atoms with Crippen LogP contribution in [-0.2, 0) is 0 Å². The quantitative estimate of drug-likeness (QED) is 0.811. The number of pyridine rings is 1. The second kappa shape index (κ2) is 2.79. The summed E-state index contributed by atoms with van der Waals surface area (Å²) in [6, 6.07) is 3.75. The van der Waals surface area contributed by atoms with Gasteiger partial charge in [0.25, 0.3) is 0 Å². The zero-order valence-corrected chi connectivity index (χ0v) is 8.05. The van der Waals surface area contributed by atoms with Crippen molar-refractivity contribution in [3.63, 3.8) is 0 Å². The van der Waals surface area contributed by atoms with Crippen molar-refractivity contribution in [2.24, 2.45) is 0 Å². The number of nitrogens with zero attached hydrogens (tertiary/aromatic N) is 1. The van der Waals surface area contributed by atoms with Gasteiger partial charge in [-0.2, -0.15) is 0 Å². The van der Waals surface area contributed by atoms with E-state index in [0.29, 0.717) is 0 Å². The van der Waals surface area contributed by atoms with Crippen LogP contribution in [0.2, 0.25) is 0 Å². The Kier molecular flexibility index (Phi) is 1.77. The van der Waals surface area contributed by atoms with Gasteiger partial charge >= 0.3 is 0 Å². The molecule has 0 aliphatic rings. The molecule has 0 aromatic carbocycles. The average molecular weight is 227 g/mol. The predicted octanol–water partition coefficient (Wildman–Crippen LogP) is 2.33. The van der Waals surface area contributed by atoms with Crippen molar-refractivity contribution < 1.29 is 4.74 Å². The summed E-state index contributed by atoms with van der Waals surface area (Å²) in [6.45, 7) is 0. The molecule has 62 valence electrons. The first-order valence-corrected chi connectivity index (χ1v) is 4.28. The molecule has 2 rings (SSSR count). The maximum Gasteiger partial charge on any atom is 0.193 e. The lowest BCUT2D eigenvalue weighted by molar-refractivity contribution is 0.401. The number of rotatable bonds is 1. The first-order chi connectivity index (χ1) is 5.81. The van der Waals surface area contributed by atoms with Gasteiger partial charge in [0.15, 0.2) is 5.88 Å². The topological polar surface area (TPSA) is 37.9 Å². The zero-order chi connectivity index (χ0) is 8.55. The van der Waals surface area contributed by atoms with E-state index in [1.54, 1.807) is 13.3 Å². The normalized spacial score (nSPS) is 10.5. The Bertz CT molecular complexity index is 410. The molecule has 12 heavy (non-hydrogen) atoms. The van der Waals surface area contributed by atoms with E-state index in [0.717, 1.165) is 21.4 Å². The van der Waals surface area contributed by atoms with Gasteiger partial charge in [-0.05, 0) is 22.0 Å². The van der Waals surface area contributed by atoms with Crippen molar-refractivity contribution in [3.05, 3.63) is 22.8 Å². The Morgan fingerprint density at radius 3 is 3.08 bits per heavy atom. The minimum absolute atomic E-state index is 0.726. The SMILES string of the molecule is COc1cc2nccc(Br)c2[nH]1. The van der Waals surface area contributed by atoms with Crippen LogP contribution in [0.5, 0.6) is 5.88 Å². The molecule has 0 saturated heterocycles. The second-order valence-electron chi connectivity index (χ2n) is 2.39. The maximum atomic E-state index is 5.04. The van der Waals surface area contributed by atoms with E-state index in [2.05, 4.69) is 25.9 Å². The van der Waals surface area contributed by atoms with Crippen molar-refractivity contribution in [2.75, 3.05) is 7.11 Å². The number of hydrogen-bond donors (Lipinski definition) is 1. The van der Waals surface area contributed by atoms with Crippen LogP contribution in [0.4, 0.5) is 0 Å². The fraction of sp³-hybridized carbons (Fsp3) is 0.125. The van der Waals surface area contributed by atoms with Crippen LogP contribution in [0.15, 0.2) is 22.8 Å². The van der Waals surface area contributed by atoms with Gasteiger partial charge < -0.3 is 9.72 Å². The van der Waals surface area contributed by atoms with Crippen molar-refractivity contribution >= 4 is 27.0 Å². The van der Waals surface area contributed by atoms with Gasteiger partial charge in [-0.1, -0.05) is 0 Å². The standard InChI is InChI=1S/C8H7BrN2O/c1-12-7-4-6-8(11-7)5(9)2-3-10-6/h2-4,11H,1H3. The van der Waals surface area contributed by atoms with E-state index < -0.39 is 0 Å². The number of nitrogens with one attached hydrogen (secondary N) is 1. The minimum Gasteiger partial charge on any atom is -0.482 e. The molecule has 0 fully saturated rings. The molecular formula is C8H7BrN2O. The van der Waals surface area contributed by atoms with Crippen LogP contribution < -0.4 is 4.74 Å². The molecule has 0 aliphatic heterocycles. The zero-order valence-electron chi connectivity index (χ0n) is 6.47. The average Bonchev–Trinajstić information content (AvgIpc) is 2.49. The van der Waals surface area contributed by atoms with Gasteiger partial charge in [-0.15, -0.1) is 0 Å². The summed E-state index contributed by atoms with van der Waals surface area (Å²) < 4.78 is 6.03. The lowest BCUT2D eigenvalue weighted by Crippen LogP contribution is -1.79. The summed E-state index contributed by atoms with van der Waals surface area (Å²) >= 11 is 3.41. The van der Waals surface area contributed by atoms with Gasteiger partial charge in [-0.3, -0.25) is 4.98 Å². The molecule has 2 aromatic rings. The van der Waals surface area contributed by atoms with Gasteiger partial charge in [0.2, 0.25) is 0 Å². The third kappa shape index (κ3) is 1.08. The molecular weight excluding hydrogens is 220 g/mol. The fourth-order valence-electron chi connectivity index (χ4n) is 1.08. The van der Waals surface area contributed by atoms with E-state index in [9.17, 15) is 0 Å². The Hall–Kier alpha value is -1.03. The van der Waals surface area contributed by atoms with Gasteiger partial charge in [-0.25, -0.2) is 0 Å². The highest BCUT2D eigenvalue weighted by Gasteiger charge is 2.03. The molecule has 0 aliphatic carbocycles. The summed E-state index contributed by atoms with van der Waals surface area (Å²) in [6.07, 6.45) is 1.75. The first kappa shape index (κ1) is 7.61. The van der Waals surface area contributed by atoms with E-state index in [1.165, 1.54) is 0 Å². The number of hydrogen-bond acceptors (Lipinski definition) is 2. The van der Waals surface area contributed by atoms with Crippen LogP contribution in [0, 0.1) is 0 Å². The Morgan fingerprint density at radius 1 is 1.58 bits per heavy atom. The van der Waals surface area contributed by atoms with Crippen LogP contribution >= 0.6 is 15.9 Å². The van der Waals surface area contributed by atoms with Crippen LogP contribution in [-0.4, -0.2) is 17.1 Å². The van der Waals surface area contributed by atoms with E-state index in [-0.39, 0.29) is 0 Å². The van der Waals surface area contributed by atoms with E-state index in [1.807, 2.05) is 12.1 Å². The smallest absolute Gasteiger partial charge is 0.193 e. The summed E-state index contributed by atoms with van der Waals surface area (Å²) in [5.41, 5.74) is 1.87. The van der Waals surface area contributed by atoms with E-state index >= 15 is 0 Å². The molecule has 0 saturated carbocycles. The van der Waals surface area contributed by atoms with Gasteiger partial charge in [0.1, 0.15) is 0 Å². The number of fused-ring (bicyclic) bond motifs is 1. The molecule has 0 unspecified atom stereocenters. The lowest BCUT2D eigenvalue weighted by Gasteiger charge is -1.91. The van der Waals surface area contributed by atoms with Crippen molar-refractivity contribution in [1.82, 2.24) is 9.97 Å². The summed E-state index contributed by atoms with van der Waals surface area (Å²) in [5.74, 6) is 0.726. The molecule has 3 nitrogen and oxygen atoms in total. The maximum absolute atomic E-state index is 5.04. The van der Waals surface area contributed by atoms with Crippen molar-refractivity contribution in [1.29, 1.82) is 0 Å². The fourth-order valence-corrected chi connectivity index (χ4v) is 1.50. The highest BCUT2D eigenvalue weighted by Crippen LogP contribution is 2.24. The lowest BCUT2D eigenvalue weighted by atomic mass is 10.4. The summed E-state index contributed by atoms with van der Waals surface area (Å²) in [7, 11) is 1.62. The molecule has 2 aromatic heterocycles. The molecule has 0 spiro atoms. The number of aromatic amines is 1. The molecule has 2 heterocycles. The monoisotopic (exact) mass is 226 g/mol. The van der Waals surface area contributed by atoms with Crippen LogP contribution in [0.1, 0.15) is 0 Å². The van der Waals surface area contributed by atoms with Gasteiger partial charge in [0.05, 0.1) is 18.1 Å². The third-order valence-corrected chi connectivity index (χ3v) is 2.33. The Morgan fingerprint density at radius 2 is 2.42 bits per heavy atom. The number of H-pyrrole nitrogens is 1. The number of methoxy groups -OCH3 is 1. The van der Waals surface area contributed by atoms with Crippen molar-refractivity contribution in [2.45, 2.75) is 0 Å². The highest BCUT2D eigenvalue weighted by atomic mass is 79.9. The first-order valence-electron chi connectivity index (χ1n) is 3.48. The van der Waals surface area contributed by atoms with Crippen LogP contribution in [0.3, 0.4) is 0 Å². The minimum atomic E-state index is 0.726. The third-order valence-electron chi connectivity index (χ3n) is 1.67. The summed E-state index contributed by atoms with van der Waals surface area (Å²) in [4.78, 5) is 7.25. The number of aromatic nitrogens is 2. The van der Waals surface area contributed by atoms with Crippen molar-refractivity contribution in [3.8, 4) is 5.88 Å². The Labute approximate surface area is 77.9 Å². The molecule has 0 amide bonds. The van der Waals surface area contributed by atoms with E-state index in [4.69, 9.17) is 4.74 Å². The second-order valence-corrected chi connectivity index (χ2v) is 3.25.